The van der Waals surface area contributed by atoms with Crippen molar-refractivity contribution in [3.63, 3.8) is 0 Å². The van der Waals surface area contributed by atoms with E-state index in [0.717, 1.165) is 29.8 Å². The van der Waals surface area contributed by atoms with Gasteiger partial charge >= 0.3 is 0 Å². The number of aromatic nitrogens is 6. The Morgan fingerprint density at radius 1 is 0.946 bits per heavy atom. The Morgan fingerprint density at radius 3 is 2.38 bits per heavy atom. The SMILES string of the molecule is CC(C)(O)c1cnc(-c2cncc([C@@]34CC[C@@H](c5cc(-c6c(F)cccc6F)nnc53)C4(C)C)n2)cn1. The van der Waals surface area contributed by atoms with Gasteiger partial charge in [0.2, 0.25) is 0 Å². The Hall–Kier alpha value is -3.72. The fraction of sp³-hybridized carbons (Fsp3) is 0.357. The van der Waals surface area contributed by atoms with Crippen LogP contribution in [0.15, 0.2) is 49.1 Å². The number of hydrogen-bond acceptors (Lipinski definition) is 7. The van der Waals surface area contributed by atoms with Crippen molar-refractivity contribution in [1.29, 1.82) is 0 Å². The largest absolute Gasteiger partial charge is 0.384 e. The summed E-state index contributed by atoms with van der Waals surface area (Å²) in [6.07, 6.45) is 8.21. The molecule has 6 rings (SSSR count). The third-order valence-corrected chi connectivity index (χ3v) is 8.21. The molecule has 3 aromatic heterocycles. The Kier molecular flexibility index (Phi) is 5.04. The van der Waals surface area contributed by atoms with Gasteiger partial charge in [-0.25, -0.2) is 13.8 Å². The van der Waals surface area contributed by atoms with Gasteiger partial charge in [0.15, 0.2) is 0 Å². The molecule has 2 atom stereocenters. The number of rotatable bonds is 4. The summed E-state index contributed by atoms with van der Waals surface area (Å²) in [7, 11) is 0. The summed E-state index contributed by atoms with van der Waals surface area (Å²) < 4.78 is 29.0. The van der Waals surface area contributed by atoms with Gasteiger partial charge in [-0.1, -0.05) is 19.9 Å². The summed E-state index contributed by atoms with van der Waals surface area (Å²) in [5, 5.41) is 19.1. The van der Waals surface area contributed by atoms with Crippen LogP contribution in [0.4, 0.5) is 8.78 Å². The van der Waals surface area contributed by atoms with Crippen molar-refractivity contribution in [3.05, 3.63) is 83.3 Å². The van der Waals surface area contributed by atoms with Gasteiger partial charge in [-0.15, -0.1) is 5.10 Å². The molecule has 0 saturated heterocycles. The Balaban J connectivity index is 1.46. The highest BCUT2D eigenvalue weighted by atomic mass is 19.1. The normalized spacial score (nSPS) is 21.8. The second-order valence-electron chi connectivity index (χ2n) is 11.0. The van der Waals surface area contributed by atoms with E-state index in [1.54, 1.807) is 38.5 Å². The van der Waals surface area contributed by atoms with Crippen molar-refractivity contribution in [1.82, 2.24) is 30.1 Å². The van der Waals surface area contributed by atoms with Crippen molar-refractivity contribution in [3.8, 4) is 22.6 Å². The zero-order valence-corrected chi connectivity index (χ0v) is 21.0. The molecule has 0 radical (unpaired) electrons. The predicted octanol–water partition coefficient (Wildman–Crippen LogP) is 5.10. The summed E-state index contributed by atoms with van der Waals surface area (Å²) >= 11 is 0. The van der Waals surface area contributed by atoms with Gasteiger partial charge < -0.3 is 5.11 Å². The highest BCUT2D eigenvalue weighted by Gasteiger charge is 2.65. The van der Waals surface area contributed by atoms with E-state index in [1.165, 1.54) is 24.4 Å². The lowest BCUT2D eigenvalue weighted by molar-refractivity contribution is 0.0734. The molecule has 0 amide bonds. The van der Waals surface area contributed by atoms with Crippen LogP contribution in [0.2, 0.25) is 0 Å². The maximum absolute atomic E-state index is 14.5. The van der Waals surface area contributed by atoms with Crippen molar-refractivity contribution >= 4 is 0 Å². The lowest BCUT2D eigenvalue weighted by Crippen LogP contribution is -2.38. The van der Waals surface area contributed by atoms with E-state index in [-0.39, 0.29) is 22.6 Å². The molecule has 0 spiro atoms. The average Bonchev–Trinajstić information content (AvgIpc) is 3.24. The number of hydrogen-bond donors (Lipinski definition) is 1. The molecule has 1 N–H and O–H groups in total. The van der Waals surface area contributed by atoms with Gasteiger partial charge in [-0.2, -0.15) is 5.10 Å². The molecule has 9 heteroatoms. The van der Waals surface area contributed by atoms with E-state index in [2.05, 4.69) is 39.0 Å². The molecule has 37 heavy (non-hydrogen) atoms. The fourth-order valence-electron chi connectivity index (χ4n) is 6.23. The first-order valence-corrected chi connectivity index (χ1v) is 12.2. The highest BCUT2D eigenvalue weighted by Crippen LogP contribution is 2.69. The Morgan fingerprint density at radius 2 is 1.70 bits per heavy atom. The summed E-state index contributed by atoms with van der Waals surface area (Å²) in [5.41, 5.74) is 2.14. The van der Waals surface area contributed by atoms with E-state index in [4.69, 9.17) is 4.98 Å². The number of aliphatic hydroxyl groups is 1. The Labute approximate surface area is 213 Å². The van der Waals surface area contributed by atoms with E-state index in [1.807, 2.05) is 0 Å². The molecule has 1 saturated carbocycles. The quantitative estimate of drug-likeness (QED) is 0.416. The molecule has 2 bridgehead atoms. The van der Waals surface area contributed by atoms with Crippen molar-refractivity contribution in [2.24, 2.45) is 5.41 Å². The third kappa shape index (κ3) is 3.33. The molecule has 2 aliphatic rings. The number of fused-ring (bicyclic) bond motifs is 5. The maximum atomic E-state index is 14.5. The first kappa shape index (κ1) is 23.7. The van der Waals surface area contributed by atoms with Crippen molar-refractivity contribution < 1.29 is 13.9 Å². The number of halogens is 2. The molecule has 1 aromatic carbocycles. The lowest BCUT2D eigenvalue weighted by Gasteiger charge is -2.37. The molecular formula is C28H26F2N6O. The van der Waals surface area contributed by atoms with Gasteiger partial charge in [-0.05, 0) is 61.8 Å². The molecule has 0 aliphatic heterocycles. The highest BCUT2D eigenvalue weighted by molar-refractivity contribution is 5.64. The van der Waals surface area contributed by atoms with Crippen molar-refractivity contribution in [2.45, 2.75) is 57.5 Å². The van der Waals surface area contributed by atoms with Crippen LogP contribution in [0, 0.1) is 17.0 Å². The molecule has 7 nitrogen and oxygen atoms in total. The second kappa shape index (κ2) is 7.89. The minimum absolute atomic E-state index is 0.128. The van der Waals surface area contributed by atoms with E-state index < -0.39 is 22.7 Å². The molecule has 1 fully saturated rings. The maximum Gasteiger partial charge on any atom is 0.135 e. The Bertz CT molecular complexity index is 1510. The summed E-state index contributed by atoms with van der Waals surface area (Å²) in [4.78, 5) is 18.3. The summed E-state index contributed by atoms with van der Waals surface area (Å²) in [6.45, 7) is 7.67. The second-order valence-corrected chi connectivity index (χ2v) is 11.0. The van der Waals surface area contributed by atoms with Crippen LogP contribution in [0.5, 0.6) is 0 Å². The van der Waals surface area contributed by atoms with Gasteiger partial charge in [0.1, 0.15) is 28.6 Å². The minimum atomic E-state index is -1.10. The number of benzene rings is 1. The van der Waals surface area contributed by atoms with Crippen LogP contribution in [0.3, 0.4) is 0 Å². The van der Waals surface area contributed by atoms with Gasteiger partial charge in [0.05, 0.1) is 52.3 Å². The number of nitrogens with zero attached hydrogens (tertiary/aromatic N) is 6. The molecule has 2 aliphatic carbocycles. The van der Waals surface area contributed by atoms with E-state index >= 15 is 0 Å². The van der Waals surface area contributed by atoms with Crippen LogP contribution >= 0.6 is 0 Å². The van der Waals surface area contributed by atoms with Crippen LogP contribution in [-0.2, 0) is 11.0 Å². The van der Waals surface area contributed by atoms with Gasteiger partial charge in [0, 0.05) is 6.20 Å². The first-order valence-electron chi connectivity index (χ1n) is 12.2. The molecule has 188 valence electrons. The zero-order valence-electron chi connectivity index (χ0n) is 21.0. The van der Waals surface area contributed by atoms with Gasteiger partial charge in [-0.3, -0.25) is 15.0 Å². The van der Waals surface area contributed by atoms with E-state index in [9.17, 15) is 13.9 Å². The fourth-order valence-corrected chi connectivity index (χ4v) is 6.23. The van der Waals surface area contributed by atoms with Crippen molar-refractivity contribution in [2.75, 3.05) is 0 Å². The molecule has 3 heterocycles. The average molecular weight is 501 g/mol. The zero-order chi connectivity index (χ0) is 26.2. The predicted molar refractivity (Wildman–Crippen MR) is 132 cm³/mol. The molecule has 4 aromatic rings. The third-order valence-electron chi connectivity index (χ3n) is 8.21. The molecular weight excluding hydrogens is 474 g/mol. The summed E-state index contributed by atoms with van der Waals surface area (Å²) in [6, 6.07) is 5.57. The van der Waals surface area contributed by atoms with E-state index in [0.29, 0.717) is 17.1 Å². The topological polar surface area (TPSA) is 97.6 Å². The molecule has 0 unspecified atom stereocenters. The first-order chi connectivity index (χ1) is 17.5. The van der Waals surface area contributed by atoms with Crippen LogP contribution in [0.25, 0.3) is 22.6 Å². The smallest absolute Gasteiger partial charge is 0.135 e. The van der Waals surface area contributed by atoms with Crippen LogP contribution in [-0.4, -0.2) is 35.2 Å². The minimum Gasteiger partial charge on any atom is -0.384 e. The van der Waals surface area contributed by atoms with Gasteiger partial charge in [0.25, 0.3) is 0 Å². The lowest BCUT2D eigenvalue weighted by atomic mass is 9.66. The summed E-state index contributed by atoms with van der Waals surface area (Å²) in [5.74, 6) is -1.20. The van der Waals surface area contributed by atoms with Crippen LogP contribution < -0.4 is 0 Å². The van der Waals surface area contributed by atoms with Crippen LogP contribution in [0.1, 0.15) is 69.1 Å². The standard InChI is InChI=1S/C28H26F2N6O/c1-26(2)16-8-9-28(26,25-15(16)10-19(35-36-25)24-17(29)6-5-7-18(24)30)23-13-31-11-21(34-23)20-12-33-22(14-32-20)27(3,4)37/h5-7,10-14,16,37H,8-9H2,1-4H3/t16-,28-/m0/s1. The monoisotopic (exact) mass is 500 g/mol.